The lowest BCUT2D eigenvalue weighted by Gasteiger charge is -2.29. The summed E-state index contributed by atoms with van der Waals surface area (Å²) in [5, 5.41) is 0. The molecule has 1 aromatic carbocycles. The number of hydrogen-bond donors (Lipinski definition) is 0. The number of nitrogens with zero attached hydrogens (tertiary/aromatic N) is 2. The van der Waals surface area contributed by atoms with E-state index in [0.29, 0.717) is 17.7 Å². The van der Waals surface area contributed by atoms with Crippen molar-refractivity contribution >= 4 is 29.4 Å². The predicted octanol–water partition coefficient (Wildman–Crippen LogP) is 3.27. The fourth-order valence-electron chi connectivity index (χ4n) is 4.33. The predicted molar refractivity (Wildman–Crippen MR) is 111 cm³/mol. The molecule has 2 aliphatic rings. The Hall–Kier alpha value is -2.54. The minimum atomic E-state index is -0.607. The van der Waals surface area contributed by atoms with E-state index in [4.69, 9.17) is 4.74 Å². The van der Waals surface area contributed by atoms with Gasteiger partial charge in [0.25, 0.3) is 0 Å². The largest absolute Gasteiger partial charge is 0.456 e. The fraction of sp³-hybridized carbons (Fsp3) is 0.409. The molecule has 2 fully saturated rings. The average molecular weight is 413 g/mol. The maximum Gasteiger partial charge on any atom is 0.330 e. The number of hydrogen-bond acceptors (Lipinski definition) is 5. The van der Waals surface area contributed by atoms with Crippen molar-refractivity contribution in [2.45, 2.75) is 44.5 Å². The van der Waals surface area contributed by atoms with E-state index >= 15 is 0 Å². The van der Waals surface area contributed by atoms with Crippen LogP contribution in [0.1, 0.15) is 41.5 Å². The topological polar surface area (TPSA) is 68.6 Å². The number of ether oxygens (including phenoxy) is 1. The number of carbonyl (C=O) groups is 3. The number of esters is 1. The van der Waals surface area contributed by atoms with Gasteiger partial charge in [0.2, 0.25) is 11.7 Å². The van der Waals surface area contributed by atoms with E-state index in [1.807, 2.05) is 61.7 Å². The van der Waals surface area contributed by atoms with Gasteiger partial charge in [-0.3, -0.25) is 9.59 Å². The highest BCUT2D eigenvalue weighted by molar-refractivity contribution is 8.01. The van der Waals surface area contributed by atoms with Crippen LogP contribution in [0.4, 0.5) is 0 Å². The normalized spacial score (nSPS) is 23.3. The molecule has 2 saturated heterocycles. The maximum absolute atomic E-state index is 12.8. The summed E-state index contributed by atoms with van der Waals surface area (Å²) in [6, 6.07) is 11.0. The Morgan fingerprint density at radius 1 is 1.24 bits per heavy atom. The van der Waals surface area contributed by atoms with Crippen molar-refractivity contribution in [1.29, 1.82) is 0 Å². The zero-order chi connectivity index (χ0) is 20.8. The van der Waals surface area contributed by atoms with Crippen LogP contribution < -0.4 is 0 Å². The first-order chi connectivity index (χ1) is 13.8. The van der Waals surface area contributed by atoms with Crippen molar-refractivity contribution in [3.63, 3.8) is 0 Å². The Morgan fingerprint density at radius 3 is 2.69 bits per heavy atom. The molecule has 0 unspecified atom stereocenters. The molecule has 2 aliphatic heterocycles. The van der Waals surface area contributed by atoms with Gasteiger partial charge < -0.3 is 14.2 Å². The third kappa shape index (κ3) is 3.37. The summed E-state index contributed by atoms with van der Waals surface area (Å²) in [5.74, 6) is -0.244. The monoisotopic (exact) mass is 412 g/mol. The number of benzene rings is 1. The van der Waals surface area contributed by atoms with Crippen molar-refractivity contribution < 1.29 is 19.1 Å². The molecule has 1 aromatic heterocycles. The van der Waals surface area contributed by atoms with Crippen LogP contribution in [0.3, 0.4) is 0 Å². The molecular formula is C22H24N2O4S. The summed E-state index contributed by atoms with van der Waals surface area (Å²) < 4.78 is 7.36. The van der Waals surface area contributed by atoms with Crippen LogP contribution >= 0.6 is 11.8 Å². The highest BCUT2D eigenvalue weighted by Crippen LogP contribution is 2.47. The van der Waals surface area contributed by atoms with Crippen molar-refractivity contribution in [1.82, 2.24) is 9.47 Å². The van der Waals surface area contributed by atoms with Crippen LogP contribution in [0.2, 0.25) is 0 Å². The molecule has 0 bridgehead atoms. The summed E-state index contributed by atoms with van der Waals surface area (Å²) >= 11 is 1.61. The number of thioether (sulfide) groups is 1. The molecule has 0 N–H and O–H groups in total. The number of aromatic nitrogens is 1. The number of fused-ring (bicyclic) bond motifs is 1. The van der Waals surface area contributed by atoms with Crippen molar-refractivity contribution in [2.75, 3.05) is 12.4 Å². The molecule has 3 heterocycles. The zero-order valence-electron chi connectivity index (χ0n) is 16.8. The molecular weight excluding hydrogens is 388 g/mol. The first-order valence-corrected chi connectivity index (χ1v) is 10.7. The van der Waals surface area contributed by atoms with Crippen molar-refractivity contribution in [3.8, 4) is 5.69 Å². The molecule has 2 aromatic rings. The lowest BCUT2D eigenvalue weighted by molar-refractivity contribution is -0.152. The molecule has 152 valence electrons. The lowest BCUT2D eigenvalue weighted by Crippen LogP contribution is -2.46. The first kappa shape index (κ1) is 19.8. The van der Waals surface area contributed by atoms with Crippen LogP contribution in [-0.4, -0.2) is 50.4 Å². The second-order valence-corrected chi connectivity index (χ2v) is 9.25. The van der Waals surface area contributed by atoms with Crippen molar-refractivity contribution in [2.24, 2.45) is 0 Å². The van der Waals surface area contributed by atoms with Gasteiger partial charge in [0, 0.05) is 34.8 Å². The van der Waals surface area contributed by atoms with Crippen LogP contribution in [-0.2, 0) is 14.3 Å². The molecule has 2 atom stereocenters. The van der Waals surface area contributed by atoms with Gasteiger partial charge in [-0.05, 0) is 45.4 Å². The number of para-hydroxylation sites is 1. The van der Waals surface area contributed by atoms with E-state index in [0.717, 1.165) is 23.5 Å². The van der Waals surface area contributed by atoms with Crippen LogP contribution in [0, 0.1) is 13.8 Å². The van der Waals surface area contributed by atoms with Crippen molar-refractivity contribution in [3.05, 3.63) is 53.3 Å². The van der Waals surface area contributed by atoms with Gasteiger partial charge in [-0.2, -0.15) is 0 Å². The molecule has 4 rings (SSSR count). The summed E-state index contributed by atoms with van der Waals surface area (Å²) in [7, 11) is 0. The highest BCUT2D eigenvalue weighted by atomic mass is 32.2. The Labute approximate surface area is 174 Å². The maximum atomic E-state index is 12.8. The molecule has 7 heteroatoms. The molecule has 0 radical (unpaired) electrons. The molecule has 0 aliphatic carbocycles. The number of Topliss-reactive ketones (excluding diaryl/α,β-unsaturated/α-hetero) is 1. The van der Waals surface area contributed by atoms with E-state index in [2.05, 4.69) is 0 Å². The number of rotatable bonds is 5. The van der Waals surface area contributed by atoms with Gasteiger partial charge in [-0.25, -0.2) is 4.79 Å². The number of aryl methyl sites for hydroxylation is 1. The van der Waals surface area contributed by atoms with E-state index in [1.54, 1.807) is 16.7 Å². The van der Waals surface area contributed by atoms with E-state index in [1.165, 1.54) is 0 Å². The van der Waals surface area contributed by atoms with Gasteiger partial charge in [-0.1, -0.05) is 18.2 Å². The summed E-state index contributed by atoms with van der Waals surface area (Å²) in [6.45, 7) is 5.49. The Kier molecular flexibility index (Phi) is 5.02. The number of amides is 1. The van der Waals surface area contributed by atoms with Crippen LogP contribution in [0.5, 0.6) is 0 Å². The SMILES string of the molecule is Cc1cc(C(=O)COC(=O)[C@H]2CS[C@@]3(C)CCC(=O)N23)c(C)n1-c1ccccc1. The number of ketones is 1. The smallest absolute Gasteiger partial charge is 0.330 e. The summed E-state index contributed by atoms with van der Waals surface area (Å²) in [4.78, 5) is 38.9. The van der Waals surface area contributed by atoms with Crippen LogP contribution in [0.25, 0.3) is 5.69 Å². The summed E-state index contributed by atoms with van der Waals surface area (Å²) in [5.41, 5.74) is 3.28. The summed E-state index contributed by atoms with van der Waals surface area (Å²) in [6.07, 6.45) is 1.20. The minimum Gasteiger partial charge on any atom is -0.456 e. The highest BCUT2D eigenvalue weighted by Gasteiger charge is 2.53. The third-order valence-corrected chi connectivity index (χ3v) is 7.31. The molecule has 0 spiro atoms. The molecule has 29 heavy (non-hydrogen) atoms. The van der Waals surface area contributed by atoms with Gasteiger partial charge in [0.1, 0.15) is 6.04 Å². The van der Waals surface area contributed by atoms with Gasteiger partial charge in [0.15, 0.2) is 6.61 Å². The van der Waals surface area contributed by atoms with Gasteiger partial charge in [0.05, 0.1) is 4.87 Å². The molecule has 1 amide bonds. The molecule has 0 saturated carbocycles. The average Bonchev–Trinajstić information content (AvgIpc) is 3.31. The minimum absolute atomic E-state index is 0.0165. The zero-order valence-corrected chi connectivity index (χ0v) is 17.6. The third-order valence-electron chi connectivity index (χ3n) is 5.81. The van der Waals surface area contributed by atoms with E-state index in [9.17, 15) is 14.4 Å². The van der Waals surface area contributed by atoms with E-state index < -0.39 is 12.0 Å². The molecule has 6 nitrogen and oxygen atoms in total. The standard InChI is InChI=1S/C22H24N2O4S/c1-14-11-17(15(2)23(14)16-7-5-4-6-8-16)19(25)12-28-21(27)18-13-29-22(3)10-9-20(26)24(18)22/h4-8,11,18H,9-10,12-13H2,1-3H3/t18-,22+/m1/s1. The Bertz CT molecular complexity index is 984. The lowest BCUT2D eigenvalue weighted by atomic mass is 10.1. The Morgan fingerprint density at radius 2 is 1.97 bits per heavy atom. The van der Waals surface area contributed by atoms with Gasteiger partial charge >= 0.3 is 5.97 Å². The van der Waals surface area contributed by atoms with E-state index in [-0.39, 0.29) is 23.2 Å². The quantitative estimate of drug-likeness (QED) is 0.557. The number of carbonyl (C=O) groups excluding carboxylic acids is 3. The first-order valence-electron chi connectivity index (χ1n) is 9.72. The Balaban J connectivity index is 1.46. The fourth-order valence-corrected chi connectivity index (χ4v) is 5.74. The van der Waals surface area contributed by atoms with Crippen LogP contribution in [0.15, 0.2) is 36.4 Å². The van der Waals surface area contributed by atoms with Gasteiger partial charge in [-0.15, -0.1) is 11.8 Å². The second-order valence-electron chi connectivity index (χ2n) is 7.75. The second kappa shape index (κ2) is 7.37.